The summed E-state index contributed by atoms with van der Waals surface area (Å²) in [7, 11) is 0. The molecule has 0 spiro atoms. The Morgan fingerprint density at radius 1 is 0.977 bits per heavy atom. The third-order valence-electron chi connectivity index (χ3n) is 6.91. The molecule has 2 N–H and O–H groups in total. The van der Waals surface area contributed by atoms with Crippen molar-refractivity contribution in [3.63, 3.8) is 0 Å². The van der Waals surface area contributed by atoms with Crippen LogP contribution in [0.15, 0.2) is 54.6 Å². The van der Waals surface area contributed by atoms with Crippen molar-refractivity contribution in [2.24, 2.45) is 0 Å². The second-order valence-electron chi connectivity index (χ2n) is 10.1. The van der Waals surface area contributed by atoms with E-state index in [9.17, 15) is 22.8 Å². The van der Waals surface area contributed by atoms with E-state index in [2.05, 4.69) is 40.7 Å². The summed E-state index contributed by atoms with van der Waals surface area (Å²) in [4.78, 5) is 26.3. The van der Waals surface area contributed by atoms with Crippen molar-refractivity contribution in [3.8, 4) is 16.9 Å². The molecule has 2 aromatic carbocycles. The Morgan fingerprint density at radius 3 is 2.42 bits per heavy atom. The van der Waals surface area contributed by atoms with Crippen LogP contribution < -0.4 is 20.3 Å². The fraction of sp³-hybridized carbons (Fsp3) is 0.310. The molecule has 3 heterocycles. The zero-order valence-electron chi connectivity index (χ0n) is 23.3. The highest BCUT2D eigenvalue weighted by molar-refractivity contribution is 7.15. The van der Waals surface area contributed by atoms with Crippen molar-refractivity contribution < 1.29 is 27.5 Å². The summed E-state index contributed by atoms with van der Waals surface area (Å²) >= 11 is 1.38. The fourth-order valence-electron chi connectivity index (χ4n) is 4.93. The van der Waals surface area contributed by atoms with Crippen LogP contribution in [0.3, 0.4) is 0 Å². The summed E-state index contributed by atoms with van der Waals surface area (Å²) in [5.41, 5.74) is 2.72. The van der Waals surface area contributed by atoms with Gasteiger partial charge in [0, 0.05) is 25.9 Å². The van der Waals surface area contributed by atoms with Gasteiger partial charge in [-0.25, -0.2) is 0 Å². The molecule has 0 aliphatic carbocycles. The van der Waals surface area contributed by atoms with Crippen LogP contribution in [-0.2, 0) is 16.0 Å². The monoisotopic (exact) mass is 611 g/mol. The number of alkyl halides is 3. The quantitative estimate of drug-likeness (QED) is 0.259. The Bertz CT molecular complexity index is 1600. The largest absolute Gasteiger partial charge is 0.573 e. The Hall–Kier alpha value is -4.59. The smallest absolute Gasteiger partial charge is 0.406 e. The van der Waals surface area contributed by atoms with Crippen LogP contribution in [0.1, 0.15) is 41.8 Å². The number of ether oxygens (including phenoxy) is 1. The number of anilines is 3. The van der Waals surface area contributed by atoms with Gasteiger partial charge in [-0.2, -0.15) is 0 Å². The van der Waals surface area contributed by atoms with Crippen molar-refractivity contribution in [1.29, 1.82) is 0 Å². The number of aromatic nitrogens is 4. The topological polar surface area (TPSA) is 122 Å². The van der Waals surface area contributed by atoms with E-state index in [0.717, 1.165) is 42.1 Å². The zero-order valence-corrected chi connectivity index (χ0v) is 24.1. The first-order chi connectivity index (χ1) is 20.5. The first-order valence-electron chi connectivity index (χ1n) is 13.5. The average molecular weight is 612 g/mol. The van der Waals surface area contributed by atoms with Gasteiger partial charge in [0.25, 0.3) is 0 Å². The van der Waals surface area contributed by atoms with Gasteiger partial charge in [0.05, 0.1) is 6.42 Å². The maximum Gasteiger partial charge on any atom is 0.573 e. The van der Waals surface area contributed by atoms with Gasteiger partial charge in [0.2, 0.25) is 16.9 Å². The molecule has 10 nitrogen and oxygen atoms in total. The number of nitrogens with zero attached hydrogens (tertiary/aromatic N) is 5. The third-order valence-corrected chi connectivity index (χ3v) is 7.91. The van der Waals surface area contributed by atoms with Gasteiger partial charge < -0.3 is 20.3 Å². The number of carbonyl (C=O) groups is 2. The van der Waals surface area contributed by atoms with Crippen molar-refractivity contribution in [1.82, 2.24) is 20.4 Å². The van der Waals surface area contributed by atoms with Gasteiger partial charge in [-0.15, -0.1) is 33.6 Å². The maximum absolute atomic E-state index is 13.0. The van der Waals surface area contributed by atoms with E-state index in [0.29, 0.717) is 22.1 Å². The predicted molar refractivity (Wildman–Crippen MR) is 156 cm³/mol. The second kappa shape index (κ2) is 12.7. The molecular formula is C29H28F3N7O3S. The number of hydrogen-bond acceptors (Lipinski definition) is 9. The van der Waals surface area contributed by atoms with Crippen LogP contribution in [0.25, 0.3) is 11.1 Å². The van der Waals surface area contributed by atoms with E-state index in [1.807, 2.05) is 31.2 Å². The second-order valence-corrected chi connectivity index (χ2v) is 11.1. The molecule has 1 saturated heterocycles. The van der Waals surface area contributed by atoms with Crippen LogP contribution in [0.4, 0.5) is 29.9 Å². The number of piperidine rings is 1. The molecule has 0 unspecified atom stereocenters. The lowest BCUT2D eigenvalue weighted by Crippen LogP contribution is -2.33. The standard InChI is InChI=1S/C29H28F3N7O3S/c1-17-5-3-4-6-22(17)23-8-7-21(42-29(30,31)32)15-20(23)16-26(41)34-24-9-10-25(36-35-24)39-13-11-19(12-14-39)27-37-38-28(43-27)33-18(2)40/h3-10,15,19H,11-14,16H2,1-2H3,(H,33,38,40)(H,34,35,41). The number of rotatable bonds is 8. The third kappa shape index (κ3) is 7.83. The van der Waals surface area contributed by atoms with E-state index < -0.39 is 18.0 Å². The highest BCUT2D eigenvalue weighted by Crippen LogP contribution is 2.34. The normalized spacial score (nSPS) is 13.9. The number of amides is 2. The molecular weight excluding hydrogens is 583 g/mol. The number of halogens is 3. The molecule has 1 aliphatic heterocycles. The van der Waals surface area contributed by atoms with Crippen LogP contribution >= 0.6 is 11.3 Å². The van der Waals surface area contributed by atoms with Crippen molar-refractivity contribution in [2.45, 2.75) is 45.4 Å². The summed E-state index contributed by atoms with van der Waals surface area (Å²) in [6.45, 7) is 4.76. The van der Waals surface area contributed by atoms with Crippen LogP contribution in [0.2, 0.25) is 0 Å². The lowest BCUT2D eigenvalue weighted by Gasteiger charge is -2.31. The van der Waals surface area contributed by atoms with E-state index in [1.54, 1.807) is 12.1 Å². The molecule has 5 rings (SSSR count). The van der Waals surface area contributed by atoms with E-state index in [4.69, 9.17) is 0 Å². The van der Waals surface area contributed by atoms with E-state index in [1.165, 1.54) is 36.5 Å². The van der Waals surface area contributed by atoms with Crippen molar-refractivity contribution >= 4 is 39.9 Å². The Labute approximate surface area is 249 Å². The summed E-state index contributed by atoms with van der Waals surface area (Å²) < 4.78 is 42.7. The zero-order chi connectivity index (χ0) is 30.6. The molecule has 2 amide bonds. The molecule has 0 radical (unpaired) electrons. The number of carbonyl (C=O) groups excluding carboxylic acids is 2. The number of nitrogens with one attached hydrogen (secondary N) is 2. The molecule has 2 aromatic heterocycles. The first kappa shape index (κ1) is 29.9. The summed E-state index contributed by atoms with van der Waals surface area (Å²) in [6.07, 6.45) is -3.40. The maximum atomic E-state index is 13.0. The minimum atomic E-state index is -4.86. The van der Waals surface area contributed by atoms with Gasteiger partial charge in [-0.3, -0.25) is 9.59 Å². The number of benzene rings is 2. The minimum Gasteiger partial charge on any atom is -0.406 e. The molecule has 4 aromatic rings. The fourth-order valence-corrected chi connectivity index (χ4v) is 5.89. The molecule has 224 valence electrons. The minimum absolute atomic E-state index is 0.188. The Morgan fingerprint density at radius 2 is 1.74 bits per heavy atom. The molecule has 1 fully saturated rings. The summed E-state index contributed by atoms with van der Waals surface area (Å²) in [5.74, 6) is 0.0619. The highest BCUT2D eigenvalue weighted by atomic mass is 32.1. The SMILES string of the molecule is CC(=O)Nc1nnc(C2CCN(c3ccc(NC(=O)Cc4cc(OC(F)(F)F)ccc4-c4ccccc4C)nn3)CC2)s1. The summed E-state index contributed by atoms with van der Waals surface area (Å²) in [5, 5.41) is 23.4. The number of hydrogen-bond donors (Lipinski definition) is 2. The number of aryl methyl sites for hydroxylation is 1. The van der Waals surface area contributed by atoms with Crippen LogP contribution in [0.5, 0.6) is 5.75 Å². The van der Waals surface area contributed by atoms with Gasteiger partial charge in [0.1, 0.15) is 10.8 Å². The van der Waals surface area contributed by atoms with Crippen molar-refractivity contribution in [3.05, 3.63) is 70.7 Å². The average Bonchev–Trinajstić information content (AvgIpc) is 3.41. The molecule has 0 bridgehead atoms. The lowest BCUT2D eigenvalue weighted by molar-refractivity contribution is -0.274. The molecule has 43 heavy (non-hydrogen) atoms. The van der Waals surface area contributed by atoms with Crippen molar-refractivity contribution in [2.75, 3.05) is 28.6 Å². The van der Waals surface area contributed by atoms with Gasteiger partial charge in [-0.1, -0.05) is 41.7 Å². The molecule has 1 aliphatic rings. The van der Waals surface area contributed by atoms with Gasteiger partial charge in [0.15, 0.2) is 11.6 Å². The van der Waals surface area contributed by atoms with Gasteiger partial charge in [-0.05, 0) is 66.3 Å². The predicted octanol–water partition coefficient (Wildman–Crippen LogP) is 5.73. The molecule has 14 heteroatoms. The van der Waals surface area contributed by atoms with Gasteiger partial charge >= 0.3 is 6.36 Å². The van der Waals surface area contributed by atoms with Crippen LogP contribution in [0, 0.1) is 6.92 Å². The molecule has 0 atom stereocenters. The Kier molecular flexibility index (Phi) is 8.85. The summed E-state index contributed by atoms with van der Waals surface area (Å²) in [6, 6.07) is 14.8. The van der Waals surface area contributed by atoms with E-state index in [-0.39, 0.29) is 24.1 Å². The highest BCUT2D eigenvalue weighted by Gasteiger charge is 2.31. The lowest BCUT2D eigenvalue weighted by atomic mass is 9.94. The van der Waals surface area contributed by atoms with E-state index >= 15 is 0 Å². The molecule has 0 saturated carbocycles. The first-order valence-corrected chi connectivity index (χ1v) is 14.3. The van der Waals surface area contributed by atoms with Crippen LogP contribution in [-0.4, -0.2) is 51.7 Å². The Balaban J connectivity index is 1.22.